The van der Waals surface area contributed by atoms with Crippen LogP contribution in [0, 0.1) is 0 Å². The highest BCUT2D eigenvalue weighted by Gasteiger charge is 2.13. The Hall–Kier alpha value is -2.47. The molecule has 0 unspecified atom stereocenters. The summed E-state index contributed by atoms with van der Waals surface area (Å²) >= 11 is 3.41. The summed E-state index contributed by atoms with van der Waals surface area (Å²) in [6.45, 7) is 6.56. The van der Waals surface area contributed by atoms with E-state index in [-0.39, 0.29) is 11.5 Å². The average Bonchev–Trinajstić information content (AvgIpc) is 2.62. The highest BCUT2D eigenvalue weighted by Crippen LogP contribution is 2.19. The number of halogens is 1. The van der Waals surface area contributed by atoms with Crippen molar-refractivity contribution in [2.45, 2.75) is 26.7 Å². The lowest BCUT2D eigenvalue weighted by molar-refractivity contribution is 0.340. The number of hydrogen-bond donors (Lipinski definition) is 0. The van der Waals surface area contributed by atoms with Gasteiger partial charge in [0.05, 0.1) is 23.7 Å². The molecule has 0 amide bonds. The number of fused-ring (bicyclic) bond motifs is 1. The maximum absolute atomic E-state index is 12.9. The Morgan fingerprint density at radius 1 is 1.23 bits per heavy atom. The first-order chi connectivity index (χ1) is 12.5. The van der Waals surface area contributed by atoms with Gasteiger partial charge >= 0.3 is 0 Å². The van der Waals surface area contributed by atoms with E-state index in [9.17, 15) is 4.79 Å². The minimum atomic E-state index is -0.179. The van der Waals surface area contributed by atoms with Gasteiger partial charge in [-0.1, -0.05) is 29.8 Å². The molecule has 0 atom stereocenters. The number of aromatic nitrogens is 2. The molecule has 0 N–H and O–H groups in total. The molecule has 0 spiro atoms. The molecule has 3 aromatic rings. The van der Waals surface area contributed by atoms with Crippen LogP contribution in [0.1, 0.15) is 38.1 Å². The van der Waals surface area contributed by atoms with Crippen molar-refractivity contribution in [1.29, 1.82) is 0 Å². The predicted molar refractivity (Wildman–Crippen MR) is 108 cm³/mol. The molecule has 1 aromatic heterocycles. The van der Waals surface area contributed by atoms with E-state index in [1.165, 1.54) is 4.68 Å². The highest BCUT2D eigenvalue weighted by atomic mass is 79.9. The van der Waals surface area contributed by atoms with Crippen LogP contribution >= 0.6 is 15.9 Å². The van der Waals surface area contributed by atoms with E-state index in [0.29, 0.717) is 23.3 Å². The molecule has 1 heterocycles. The largest absolute Gasteiger partial charge is 0.494 e. The molecule has 134 valence electrons. The summed E-state index contributed by atoms with van der Waals surface area (Å²) in [5, 5.41) is 4.95. The first-order valence-corrected chi connectivity index (χ1v) is 9.28. The molecule has 0 fully saturated rings. The van der Waals surface area contributed by atoms with Crippen LogP contribution in [0.5, 0.6) is 5.75 Å². The third-order valence-corrected chi connectivity index (χ3v) is 4.36. The van der Waals surface area contributed by atoms with E-state index < -0.39 is 0 Å². The molecule has 3 rings (SSSR count). The van der Waals surface area contributed by atoms with Gasteiger partial charge in [-0.05, 0) is 55.0 Å². The molecular formula is C20H20BrN3O2. The van der Waals surface area contributed by atoms with Gasteiger partial charge in [-0.25, -0.2) is 4.98 Å². The quantitative estimate of drug-likeness (QED) is 0.575. The molecule has 5 nitrogen and oxygen atoms in total. The van der Waals surface area contributed by atoms with Crippen molar-refractivity contribution >= 4 is 33.0 Å². The van der Waals surface area contributed by atoms with Crippen LogP contribution in [0.2, 0.25) is 0 Å². The fraction of sp³-hybridized carbons (Fsp3) is 0.250. The molecule has 0 saturated heterocycles. The van der Waals surface area contributed by atoms with Crippen molar-refractivity contribution in [1.82, 2.24) is 9.66 Å². The summed E-state index contributed by atoms with van der Waals surface area (Å²) in [5.41, 5.74) is 1.38. The molecular weight excluding hydrogens is 394 g/mol. The lowest BCUT2D eigenvalue weighted by atomic mass is 10.2. The van der Waals surface area contributed by atoms with E-state index in [1.807, 2.05) is 57.2 Å². The van der Waals surface area contributed by atoms with E-state index in [4.69, 9.17) is 4.74 Å². The number of rotatable bonds is 5. The van der Waals surface area contributed by atoms with Gasteiger partial charge in [-0.3, -0.25) is 4.79 Å². The zero-order valence-electron chi connectivity index (χ0n) is 14.9. The number of hydrogen-bond acceptors (Lipinski definition) is 4. The van der Waals surface area contributed by atoms with Gasteiger partial charge in [0.15, 0.2) is 0 Å². The van der Waals surface area contributed by atoms with Crippen molar-refractivity contribution < 1.29 is 4.74 Å². The van der Waals surface area contributed by atoms with Crippen LogP contribution in [0.15, 0.2) is 56.8 Å². The molecule has 0 saturated carbocycles. The van der Waals surface area contributed by atoms with Crippen LogP contribution in [0.3, 0.4) is 0 Å². The van der Waals surface area contributed by atoms with E-state index >= 15 is 0 Å². The maximum Gasteiger partial charge on any atom is 0.282 e. The third-order valence-electron chi connectivity index (χ3n) is 3.86. The Morgan fingerprint density at radius 2 is 1.96 bits per heavy atom. The van der Waals surface area contributed by atoms with Crippen LogP contribution < -0.4 is 10.3 Å². The first-order valence-electron chi connectivity index (χ1n) is 8.49. The van der Waals surface area contributed by atoms with E-state index in [2.05, 4.69) is 26.0 Å². The highest BCUT2D eigenvalue weighted by molar-refractivity contribution is 9.10. The lowest BCUT2D eigenvalue weighted by Gasteiger charge is -2.12. The number of nitrogens with zero attached hydrogens (tertiary/aromatic N) is 3. The molecule has 0 radical (unpaired) electrons. The fourth-order valence-corrected chi connectivity index (χ4v) is 2.95. The summed E-state index contributed by atoms with van der Waals surface area (Å²) in [5.74, 6) is 1.50. The minimum absolute atomic E-state index is 0.0632. The molecule has 0 bridgehead atoms. The standard InChI is InChI=1S/C20H20BrN3O2/c1-4-26-16-8-5-14(6-9-16)12-22-24-19(13(2)3)23-18-10-7-15(21)11-17(18)20(24)25/h5-13H,4H2,1-3H3. The molecule has 0 aliphatic heterocycles. The van der Waals surface area contributed by atoms with Crippen molar-refractivity contribution in [2.24, 2.45) is 5.10 Å². The summed E-state index contributed by atoms with van der Waals surface area (Å²) in [7, 11) is 0. The summed E-state index contributed by atoms with van der Waals surface area (Å²) in [4.78, 5) is 17.6. The molecule has 2 aromatic carbocycles. The van der Waals surface area contributed by atoms with E-state index in [0.717, 1.165) is 15.8 Å². The van der Waals surface area contributed by atoms with Crippen LogP contribution in [0.4, 0.5) is 0 Å². The normalized spacial score (nSPS) is 11.6. The third kappa shape index (κ3) is 3.85. The topological polar surface area (TPSA) is 56.5 Å². The van der Waals surface area contributed by atoms with Gasteiger partial charge in [0.2, 0.25) is 0 Å². The SMILES string of the molecule is CCOc1ccc(C=Nn2c(C(C)C)nc3ccc(Br)cc3c2=O)cc1. The van der Waals surface area contributed by atoms with Crippen LogP contribution in [-0.2, 0) is 0 Å². The van der Waals surface area contributed by atoms with Crippen molar-refractivity contribution in [3.05, 3.63) is 68.7 Å². The van der Waals surface area contributed by atoms with Crippen molar-refractivity contribution in [2.75, 3.05) is 6.61 Å². The zero-order valence-corrected chi connectivity index (χ0v) is 16.5. The molecule has 26 heavy (non-hydrogen) atoms. The Balaban J connectivity index is 2.06. The molecule has 0 aliphatic carbocycles. The second-order valence-corrected chi connectivity index (χ2v) is 7.07. The Labute approximate surface area is 160 Å². The minimum Gasteiger partial charge on any atom is -0.494 e. The first kappa shape index (κ1) is 18.3. The van der Waals surface area contributed by atoms with Crippen LogP contribution in [0.25, 0.3) is 10.9 Å². The van der Waals surface area contributed by atoms with Gasteiger partial charge in [0.1, 0.15) is 11.6 Å². The molecule has 6 heteroatoms. The smallest absolute Gasteiger partial charge is 0.282 e. The maximum atomic E-state index is 12.9. The number of ether oxygens (including phenoxy) is 1. The average molecular weight is 414 g/mol. The van der Waals surface area contributed by atoms with Crippen molar-refractivity contribution in [3.8, 4) is 5.75 Å². The summed E-state index contributed by atoms with van der Waals surface area (Å²) < 4.78 is 7.66. The Kier molecular flexibility index (Phi) is 5.52. The van der Waals surface area contributed by atoms with Gasteiger partial charge in [0.25, 0.3) is 5.56 Å². The van der Waals surface area contributed by atoms with Gasteiger partial charge in [-0.2, -0.15) is 9.78 Å². The summed E-state index contributed by atoms with van der Waals surface area (Å²) in [6, 6.07) is 13.1. The summed E-state index contributed by atoms with van der Waals surface area (Å²) in [6.07, 6.45) is 1.66. The fourth-order valence-electron chi connectivity index (χ4n) is 2.59. The number of benzene rings is 2. The molecule has 0 aliphatic rings. The van der Waals surface area contributed by atoms with E-state index in [1.54, 1.807) is 12.3 Å². The van der Waals surface area contributed by atoms with Gasteiger partial charge in [-0.15, -0.1) is 0 Å². The van der Waals surface area contributed by atoms with Crippen molar-refractivity contribution in [3.63, 3.8) is 0 Å². The zero-order chi connectivity index (χ0) is 18.7. The Morgan fingerprint density at radius 3 is 2.62 bits per heavy atom. The van der Waals surface area contributed by atoms with Crippen LogP contribution in [-0.4, -0.2) is 22.5 Å². The Bertz CT molecular complexity index is 1010. The predicted octanol–water partition coefficient (Wildman–Crippen LogP) is 4.56. The lowest BCUT2D eigenvalue weighted by Crippen LogP contribution is -2.23. The second kappa shape index (κ2) is 7.83. The monoisotopic (exact) mass is 413 g/mol. The van der Waals surface area contributed by atoms with Gasteiger partial charge < -0.3 is 4.74 Å². The van der Waals surface area contributed by atoms with Gasteiger partial charge in [0, 0.05) is 10.4 Å². The second-order valence-electron chi connectivity index (χ2n) is 6.15.